The first kappa shape index (κ1) is 13.5. The van der Waals surface area contributed by atoms with E-state index in [1.54, 1.807) is 15.6 Å². The standard InChI is InChI=1S/C11H20N4O2/c1-4-14(5-2)11(17)12-10-8-9(3)13-15(10)6-7-16/h8,16H,4-7H2,1-3H3,(H,12,17). The molecule has 0 saturated carbocycles. The van der Waals surface area contributed by atoms with E-state index in [0.29, 0.717) is 25.5 Å². The zero-order chi connectivity index (χ0) is 12.8. The van der Waals surface area contributed by atoms with E-state index in [2.05, 4.69) is 10.4 Å². The van der Waals surface area contributed by atoms with Gasteiger partial charge in [0.1, 0.15) is 5.82 Å². The van der Waals surface area contributed by atoms with Crippen LogP contribution in [0.2, 0.25) is 0 Å². The maximum Gasteiger partial charge on any atom is 0.322 e. The highest BCUT2D eigenvalue weighted by Gasteiger charge is 2.12. The summed E-state index contributed by atoms with van der Waals surface area (Å²) < 4.78 is 1.59. The van der Waals surface area contributed by atoms with Crippen molar-refractivity contribution in [1.29, 1.82) is 0 Å². The fraction of sp³-hybridized carbons (Fsp3) is 0.636. The second-order valence-corrected chi connectivity index (χ2v) is 3.72. The van der Waals surface area contributed by atoms with E-state index >= 15 is 0 Å². The number of anilines is 1. The number of aliphatic hydroxyl groups is 1. The Kier molecular flexibility index (Phi) is 4.96. The van der Waals surface area contributed by atoms with E-state index < -0.39 is 0 Å². The molecular weight excluding hydrogens is 220 g/mol. The number of nitrogens with zero attached hydrogens (tertiary/aromatic N) is 3. The Morgan fingerprint density at radius 2 is 2.18 bits per heavy atom. The molecule has 0 unspecified atom stereocenters. The van der Waals surface area contributed by atoms with Gasteiger partial charge in [-0.1, -0.05) is 0 Å². The summed E-state index contributed by atoms with van der Waals surface area (Å²) >= 11 is 0. The third-order valence-corrected chi connectivity index (χ3v) is 2.50. The number of rotatable bonds is 5. The number of aliphatic hydroxyl groups excluding tert-OH is 1. The molecule has 0 aliphatic heterocycles. The third kappa shape index (κ3) is 3.45. The summed E-state index contributed by atoms with van der Waals surface area (Å²) in [6, 6.07) is 1.64. The predicted molar refractivity (Wildman–Crippen MR) is 66.0 cm³/mol. The first-order chi connectivity index (χ1) is 8.12. The summed E-state index contributed by atoms with van der Waals surface area (Å²) in [5, 5.41) is 15.9. The van der Waals surface area contributed by atoms with E-state index in [1.807, 2.05) is 20.8 Å². The first-order valence-electron chi connectivity index (χ1n) is 5.83. The molecule has 0 spiro atoms. The van der Waals surface area contributed by atoms with E-state index in [0.717, 1.165) is 5.69 Å². The maximum absolute atomic E-state index is 11.9. The van der Waals surface area contributed by atoms with Crippen LogP contribution in [-0.2, 0) is 6.54 Å². The van der Waals surface area contributed by atoms with Crippen molar-refractivity contribution >= 4 is 11.8 Å². The van der Waals surface area contributed by atoms with Crippen LogP contribution in [0.15, 0.2) is 6.07 Å². The van der Waals surface area contributed by atoms with Crippen LogP contribution in [-0.4, -0.2) is 45.5 Å². The van der Waals surface area contributed by atoms with E-state index in [-0.39, 0.29) is 12.6 Å². The van der Waals surface area contributed by atoms with Crippen LogP contribution >= 0.6 is 0 Å². The van der Waals surface area contributed by atoms with Crippen molar-refractivity contribution in [3.8, 4) is 0 Å². The number of urea groups is 1. The van der Waals surface area contributed by atoms with Crippen molar-refractivity contribution < 1.29 is 9.90 Å². The van der Waals surface area contributed by atoms with E-state index in [4.69, 9.17) is 5.11 Å². The predicted octanol–water partition coefficient (Wildman–Crippen LogP) is 1.06. The van der Waals surface area contributed by atoms with Gasteiger partial charge < -0.3 is 10.0 Å². The Morgan fingerprint density at radius 3 is 2.71 bits per heavy atom. The van der Waals surface area contributed by atoms with Gasteiger partial charge >= 0.3 is 6.03 Å². The molecule has 2 N–H and O–H groups in total. The summed E-state index contributed by atoms with van der Waals surface area (Å²) in [5.74, 6) is 0.619. The number of aryl methyl sites for hydroxylation is 1. The van der Waals surface area contributed by atoms with Gasteiger partial charge in [0.15, 0.2) is 0 Å². The van der Waals surface area contributed by atoms with Gasteiger partial charge in [-0.2, -0.15) is 5.10 Å². The van der Waals surface area contributed by atoms with Crippen molar-refractivity contribution in [3.63, 3.8) is 0 Å². The molecule has 6 nitrogen and oxygen atoms in total. The number of nitrogens with one attached hydrogen (secondary N) is 1. The normalized spacial score (nSPS) is 10.4. The maximum atomic E-state index is 11.9. The van der Waals surface area contributed by atoms with Crippen LogP contribution in [0.1, 0.15) is 19.5 Å². The molecule has 0 fully saturated rings. The second kappa shape index (κ2) is 6.24. The molecule has 2 amide bonds. The monoisotopic (exact) mass is 240 g/mol. The Hall–Kier alpha value is -1.56. The summed E-state index contributed by atoms with van der Waals surface area (Å²) in [6.45, 7) is 7.40. The van der Waals surface area contributed by atoms with Crippen LogP contribution in [0, 0.1) is 6.92 Å². The van der Waals surface area contributed by atoms with Crippen LogP contribution in [0.5, 0.6) is 0 Å². The Morgan fingerprint density at radius 1 is 1.53 bits per heavy atom. The van der Waals surface area contributed by atoms with Crippen molar-refractivity contribution in [2.75, 3.05) is 25.0 Å². The lowest BCUT2D eigenvalue weighted by molar-refractivity contribution is 0.216. The molecule has 17 heavy (non-hydrogen) atoms. The van der Waals surface area contributed by atoms with Gasteiger partial charge in [0.2, 0.25) is 0 Å². The van der Waals surface area contributed by atoms with Gasteiger partial charge in [0, 0.05) is 19.2 Å². The van der Waals surface area contributed by atoms with E-state index in [1.165, 1.54) is 0 Å². The van der Waals surface area contributed by atoms with Crippen molar-refractivity contribution in [1.82, 2.24) is 14.7 Å². The number of aromatic nitrogens is 2. The van der Waals surface area contributed by atoms with Gasteiger partial charge in [-0.25, -0.2) is 9.48 Å². The average molecular weight is 240 g/mol. The zero-order valence-electron chi connectivity index (χ0n) is 10.6. The Bertz CT molecular complexity index is 372. The minimum Gasteiger partial charge on any atom is -0.394 e. The van der Waals surface area contributed by atoms with Gasteiger partial charge in [0.05, 0.1) is 18.8 Å². The molecule has 96 valence electrons. The fourth-order valence-electron chi connectivity index (χ4n) is 1.61. The quantitative estimate of drug-likeness (QED) is 0.808. The lowest BCUT2D eigenvalue weighted by Crippen LogP contribution is -2.35. The fourth-order valence-corrected chi connectivity index (χ4v) is 1.61. The Labute approximate surface area is 101 Å². The van der Waals surface area contributed by atoms with Gasteiger partial charge in [-0.3, -0.25) is 5.32 Å². The minimum absolute atomic E-state index is 0.00470. The molecule has 1 aromatic rings. The number of carbonyl (C=O) groups excluding carboxylic acids is 1. The SMILES string of the molecule is CCN(CC)C(=O)Nc1cc(C)nn1CCO. The van der Waals surface area contributed by atoms with Crippen molar-refractivity contribution in [2.45, 2.75) is 27.3 Å². The summed E-state index contributed by atoms with van der Waals surface area (Å²) in [4.78, 5) is 13.5. The number of carbonyl (C=O) groups is 1. The molecule has 0 aliphatic rings. The molecule has 0 radical (unpaired) electrons. The highest BCUT2D eigenvalue weighted by atomic mass is 16.3. The molecule has 0 aromatic carbocycles. The highest BCUT2D eigenvalue weighted by molar-refractivity contribution is 5.88. The number of hydrogen-bond acceptors (Lipinski definition) is 3. The van der Waals surface area contributed by atoms with Gasteiger partial charge in [-0.15, -0.1) is 0 Å². The molecule has 6 heteroatoms. The van der Waals surface area contributed by atoms with Crippen LogP contribution < -0.4 is 5.32 Å². The topological polar surface area (TPSA) is 70.4 Å². The molecule has 0 atom stereocenters. The third-order valence-electron chi connectivity index (χ3n) is 2.50. The summed E-state index contributed by atoms with van der Waals surface area (Å²) in [6.07, 6.45) is 0. The van der Waals surface area contributed by atoms with Crippen molar-refractivity contribution in [2.24, 2.45) is 0 Å². The van der Waals surface area contributed by atoms with Crippen LogP contribution in [0.25, 0.3) is 0 Å². The van der Waals surface area contributed by atoms with Crippen molar-refractivity contribution in [3.05, 3.63) is 11.8 Å². The second-order valence-electron chi connectivity index (χ2n) is 3.72. The Balaban J connectivity index is 2.76. The molecular formula is C11H20N4O2. The lowest BCUT2D eigenvalue weighted by Gasteiger charge is -2.19. The van der Waals surface area contributed by atoms with Crippen LogP contribution in [0.3, 0.4) is 0 Å². The largest absolute Gasteiger partial charge is 0.394 e. The van der Waals surface area contributed by atoms with Gasteiger partial charge in [0.25, 0.3) is 0 Å². The molecule has 1 heterocycles. The molecule has 1 rings (SSSR count). The summed E-state index contributed by atoms with van der Waals surface area (Å²) in [7, 11) is 0. The lowest BCUT2D eigenvalue weighted by atomic mass is 10.4. The van der Waals surface area contributed by atoms with E-state index in [9.17, 15) is 4.79 Å². The highest BCUT2D eigenvalue weighted by Crippen LogP contribution is 2.10. The molecule has 0 bridgehead atoms. The molecule has 0 saturated heterocycles. The van der Waals surface area contributed by atoms with Crippen LogP contribution in [0.4, 0.5) is 10.6 Å². The number of hydrogen-bond donors (Lipinski definition) is 2. The average Bonchev–Trinajstić information content (AvgIpc) is 2.61. The molecule has 1 aromatic heterocycles. The minimum atomic E-state index is -0.144. The summed E-state index contributed by atoms with van der Waals surface area (Å²) in [5.41, 5.74) is 0.813. The first-order valence-corrected chi connectivity index (χ1v) is 5.83. The smallest absolute Gasteiger partial charge is 0.322 e. The number of amides is 2. The molecule has 0 aliphatic carbocycles. The zero-order valence-corrected chi connectivity index (χ0v) is 10.6. The van der Waals surface area contributed by atoms with Gasteiger partial charge in [-0.05, 0) is 20.8 Å².